The predicted molar refractivity (Wildman–Crippen MR) is 93.8 cm³/mol. The normalized spacial score (nSPS) is 12.1. The molecule has 0 aliphatic carbocycles. The van der Waals surface area contributed by atoms with Crippen molar-refractivity contribution in [1.29, 1.82) is 0 Å². The molecule has 2 heterocycles. The molecule has 0 aliphatic rings. The van der Waals surface area contributed by atoms with Crippen molar-refractivity contribution in [3.8, 4) is 11.1 Å². The zero-order valence-electron chi connectivity index (χ0n) is 13.9. The Kier molecular flexibility index (Phi) is 4.76. The summed E-state index contributed by atoms with van der Waals surface area (Å²) >= 11 is 1.61. The third-order valence-electron chi connectivity index (χ3n) is 3.77. The van der Waals surface area contributed by atoms with Gasteiger partial charge < -0.3 is 9.84 Å². The van der Waals surface area contributed by atoms with Crippen LogP contribution in [-0.2, 0) is 11.2 Å². The molecule has 0 aliphatic heterocycles. The Bertz CT molecular complexity index is 836. The van der Waals surface area contributed by atoms with Gasteiger partial charge in [0.25, 0.3) is 0 Å². The zero-order valence-corrected chi connectivity index (χ0v) is 14.7. The number of rotatable bonds is 5. The van der Waals surface area contributed by atoms with E-state index in [2.05, 4.69) is 15.5 Å². The van der Waals surface area contributed by atoms with Gasteiger partial charge >= 0.3 is 0 Å². The van der Waals surface area contributed by atoms with E-state index in [1.807, 2.05) is 51.2 Å². The first kappa shape index (κ1) is 16.4. The molecule has 0 bridgehead atoms. The van der Waals surface area contributed by atoms with E-state index in [4.69, 9.17) is 4.52 Å². The Hall–Kier alpha value is -2.47. The summed E-state index contributed by atoms with van der Waals surface area (Å²) in [4.78, 5) is 17.7. The Labute approximate surface area is 144 Å². The van der Waals surface area contributed by atoms with Gasteiger partial charge in [0.2, 0.25) is 5.91 Å². The molecule has 5 nitrogen and oxygen atoms in total. The SMILES string of the molecule is Cc1cnc(C(C)NC(=O)Cc2ccc(-c3cnoc3C)cc2)s1. The molecule has 0 saturated heterocycles. The molecule has 1 aromatic carbocycles. The van der Waals surface area contributed by atoms with Crippen LogP contribution < -0.4 is 5.32 Å². The zero-order chi connectivity index (χ0) is 17.1. The van der Waals surface area contributed by atoms with Crippen LogP contribution in [0.1, 0.15) is 34.2 Å². The molecular weight excluding hydrogens is 322 g/mol. The predicted octanol–water partition coefficient (Wildman–Crippen LogP) is 3.83. The minimum atomic E-state index is -0.0740. The van der Waals surface area contributed by atoms with Gasteiger partial charge in [-0.25, -0.2) is 4.98 Å². The number of carbonyl (C=O) groups excluding carboxylic acids is 1. The third kappa shape index (κ3) is 3.71. The minimum absolute atomic E-state index is 0.00994. The van der Waals surface area contributed by atoms with Crippen LogP contribution in [0.5, 0.6) is 0 Å². The maximum absolute atomic E-state index is 12.2. The van der Waals surface area contributed by atoms with Gasteiger partial charge in [0.1, 0.15) is 10.8 Å². The van der Waals surface area contributed by atoms with E-state index < -0.39 is 0 Å². The lowest BCUT2D eigenvalue weighted by molar-refractivity contribution is -0.121. The summed E-state index contributed by atoms with van der Waals surface area (Å²) in [5.74, 6) is 0.775. The van der Waals surface area contributed by atoms with Crippen molar-refractivity contribution in [2.45, 2.75) is 33.2 Å². The molecule has 1 atom stereocenters. The summed E-state index contributed by atoms with van der Waals surface area (Å²) in [6, 6.07) is 7.81. The van der Waals surface area contributed by atoms with E-state index in [0.717, 1.165) is 32.3 Å². The number of aromatic nitrogens is 2. The molecule has 2 aromatic heterocycles. The second kappa shape index (κ2) is 6.97. The first-order chi connectivity index (χ1) is 11.5. The summed E-state index contributed by atoms with van der Waals surface area (Å²) in [6.07, 6.45) is 3.88. The van der Waals surface area contributed by atoms with Gasteiger partial charge in [-0.2, -0.15) is 0 Å². The first-order valence-electron chi connectivity index (χ1n) is 7.75. The fourth-order valence-corrected chi connectivity index (χ4v) is 3.27. The van der Waals surface area contributed by atoms with Crippen LogP contribution in [0.4, 0.5) is 0 Å². The van der Waals surface area contributed by atoms with Gasteiger partial charge in [0.15, 0.2) is 0 Å². The lowest BCUT2D eigenvalue weighted by atomic mass is 10.0. The van der Waals surface area contributed by atoms with E-state index in [-0.39, 0.29) is 11.9 Å². The fourth-order valence-electron chi connectivity index (χ4n) is 2.49. The highest BCUT2D eigenvalue weighted by Gasteiger charge is 2.13. The van der Waals surface area contributed by atoms with Crippen molar-refractivity contribution in [3.63, 3.8) is 0 Å². The maximum atomic E-state index is 12.2. The van der Waals surface area contributed by atoms with Gasteiger partial charge in [-0.3, -0.25) is 4.79 Å². The first-order valence-corrected chi connectivity index (χ1v) is 8.57. The number of benzene rings is 1. The van der Waals surface area contributed by atoms with Gasteiger partial charge in [0.05, 0.1) is 18.7 Å². The maximum Gasteiger partial charge on any atom is 0.224 e. The smallest absolute Gasteiger partial charge is 0.224 e. The minimum Gasteiger partial charge on any atom is -0.361 e. The Morgan fingerprint density at radius 2 is 2.00 bits per heavy atom. The molecule has 0 radical (unpaired) electrons. The van der Waals surface area contributed by atoms with Crippen molar-refractivity contribution in [3.05, 3.63) is 57.9 Å². The van der Waals surface area contributed by atoms with Crippen LogP contribution in [0.15, 0.2) is 41.2 Å². The molecule has 1 N–H and O–H groups in total. The highest BCUT2D eigenvalue weighted by atomic mass is 32.1. The number of aryl methyl sites for hydroxylation is 2. The lowest BCUT2D eigenvalue weighted by Gasteiger charge is -2.11. The average molecular weight is 341 g/mol. The van der Waals surface area contributed by atoms with Crippen LogP contribution >= 0.6 is 11.3 Å². The number of hydrogen-bond donors (Lipinski definition) is 1. The van der Waals surface area contributed by atoms with E-state index in [0.29, 0.717) is 6.42 Å². The molecule has 124 valence electrons. The van der Waals surface area contributed by atoms with Gasteiger partial charge in [-0.05, 0) is 31.9 Å². The topological polar surface area (TPSA) is 68.0 Å². The number of thiazole rings is 1. The summed E-state index contributed by atoms with van der Waals surface area (Å²) in [5.41, 5.74) is 2.97. The highest BCUT2D eigenvalue weighted by molar-refractivity contribution is 7.11. The summed E-state index contributed by atoms with van der Waals surface area (Å²) < 4.78 is 5.08. The molecule has 24 heavy (non-hydrogen) atoms. The number of amides is 1. The fraction of sp³-hybridized carbons (Fsp3) is 0.278. The largest absolute Gasteiger partial charge is 0.361 e. The molecule has 3 rings (SSSR count). The number of nitrogens with zero attached hydrogens (tertiary/aromatic N) is 2. The Morgan fingerprint density at radius 3 is 2.58 bits per heavy atom. The van der Waals surface area contributed by atoms with E-state index >= 15 is 0 Å². The number of carbonyl (C=O) groups is 1. The van der Waals surface area contributed by atoms with Crippen LogP contribution in [0.25, 0.3) is 11.1 Å². The van der Waals surface area contributed by atoms with Crippen molar-refractivity contribution in [2.75, 3.05) is 0 Å². The van der Waals surface area contributed by atoms with Crippen molar-refractivity contribution in [1.82, 2.24) is 15.5 Å². The second-order valence-electron chi connectivity index (χ2n) is 5.77. The average Bonchev–Trinajstić information content (AvgIpc) is 3.16. The monoisotopic (exact) mass is 341 g/mol. The van der Waals surface area contributed by atoms with Crippen LogP contribution in [0, 0.1) is 13.8 Å². The summed E-state index contributed by atoms with van der Waals surface area (Å²) in [6.45, 7) is 5.84. The quantitative estimate of drug-likeness (QED) is 0.766. The van der Waals surface area contributed by atoms with Gasteiger partial charge in [-0.1, -0.05) is 29.4 Å². The molecule has 1 amide bonds. The second-order valence-corrected chi connectivity index (χ2v) is 7.03. The molecule has 3 aromatic rings. The van der Waals surface area contributed by atoms with Crippen molar-refractivity contribution >= 4 is 17.2 Å². The van der Waals surface area contributed by atoms with Crippen molar-refractivity contribution in [2.24, 2.45) is 0 Å². The Balaban J connectivity index is 1.61. The molecule has 0 fully saturated rings. The van der Waals surface area contributed by atoms with E-state index in [1.165, 1.54) is 0 Å². The molecule has 1 unspecified atom stereocenters. The van der Waals surface area contributed by atoms with Crippen LogP contribution in [0.2, 0.25) is 0 Å². The summed E-state index contributed by atoms with van der Waals surface area (Å²) in [5, 5.41) is 7.71. The summed E-state index contributed by atoms with van der Waals surface area (Å²) in [7, 11) is 0. The van der Waals surface area contributed by atoms with Crippen molar-refractivity contribution < 1.29 is 9.32 Å². The Morgan fingerprint density at radius 1 is 1.25 bits per heavy atom. The number of hydrogen-bond acceptors (Lipinski definition) is 5. The lowest BCUT2D eigenvalue weighted by Crippen LogP contribution is -2.28. The third-order valence-corrected chi connectivity index (χ3v) is 4.86. The highest BCUT2D eigenvalue weighted by Crippen LogP contribution is 2.23. The molecular formula is C18H19N3O2S. The van der Waals surface area contributed by atoms with Gasteiger partial charge in [0, 0.05) is 16.6 Å². The molecule has 6 heteroatoms. The van der Waals surface area contributed by atoms with E-state index in [1.54, 1.807) is 17.5 Å². The number of nitrogens with one attached hydrogen (secondary N) is 1. The molecule has 0 spiro atoms. The van der Waals surface area contributed by atoms with Crippen LogP contribution in [-0.4, -0.2) is 16.0 Å². The van der Waals surface area contributed by atoms with E-state index in [9.17, 15) is 4.79 Å². The van der Waals surface area contributed by atoms with Crippen LogP contribution in [0.3, 0.4) is 0 Å². The van der Waals surface area contributed by atoms with Gasteiger partial charge in [-0.15, -0.1) is 11.3 Å². The standard InChI is InChI=1S/C18H19N3O2S/c1-11-9-19-18(24-11)12(2)21-17(22)8-14-4-6-15(7-5-14)16-10-20-23-13(16)3/h4-7,9-10,12H,8H2,1-3H3,(H,21,22). The molecule has 0 saturated carbocycles.